The molecule has 11 heteroatoms. The topological polar surface area (TPSA) is 98.1 Å². The van der Waals surface area contributed by atoms with E-state index in [1.165, 1.54) is 6.20 Å². The number of hydrogen-bond donors (Lipinski definition) is 1. The number of rotatable bonds is 7. The van der Waals surface area contributed by atoms with Gasteiger partial charge in [0, 0.05) is 19.4 Å². The molecule has 0 aliphatic rings. The predicted octanol–water partition coefficient (Wildman–Crippen LogP) is 2.48. The van der Waals surface area contributed by atoms with Crippen molar-refractivity contribution in [1.82, 2.24) is 14.3 Å². The average Bonchev–Trinajstić information content (AvgIpc) is 3.12. The highest BCUT2D eigenvalue weighted by atomic mass is 32.2. The molecule has 0 aliphatic carbocycles. The Bertz CT molecular complexity index is 1190. The van der Waals surface area contributed by atoms with Crippen LogP contribution in [0.2, 0.25) is 0 Å². The fourth-order valence-electron chi connectivity index (χ4n) is 2.71. The van der Waals surface area contributed by atoms with Crippen molar-refractivity contribution in [2.75, 3.05) is 0 Å². The Labute approximate surface area is 167 Å². The molecule has 7 nitrogen and oxygen atoms in total. The summed E-state index contributed by atoms with van der Waals surface area (Å²) in [4.78, 5) is 3.29. The number of alkyl halides is 2. The van der Waals surface area contributed by atoms with Crippen molar-refractivity contribution < 1.29 is 25.6 Å². The van der Waals surface area contributed by atoms with E-state index in [4.69, 9.17) is 0 Å². The van der Waals surface area contributed by atoms with E-state index in [9.17, 15) is 25.6 Å². The molecule has 3 aromatic rings. The van der Waals surface area contributed by atoms with Crippen LogP contribution in [0, 0.1) is 0 Å². The molecule has 0 radical (unpaired) electrons. The first-order chi connectivity index (χ1) is 13.6. The van der Waals surface area contributed by atoms with Crippen molar-refractivity contribution in [2.24, 2.45) is 7.05 Å². The van der Waals surface area contributed by atoms with Gasteiger partial charge in [0.05, 0.1) is 9.79 Å². The fourth-order valence-corrected chi connectivity index (χ4v) is 4.61. The van der Waals surface area contributed by atoms with E-state index in [1.807, 2.05) is 0 Å². The highest BCUT2D eigenvalue weighted by Gasteiger charge is 2.29. The minimum absolute atomic E-state index is 0.263. The molecule has 0 bridgehead atoms. The van der Waals surface area contributed by atoms with Crippen LogP contribution in [0.3, 0.4) is 0 Å². The number of sulfonamides is 1. The Kier molecular flexibility index (Phi) is 5.82. The lowest BCUT2D eigenvalue weighted by molar-refractivity contribution is 0.234. The standard InChI is InChI=1S/C18H17F2N3O4S2/c1-23-12-11-21-17(23)16(13-5-3-2-4-6-13)22-29(26,27)15-9-7-14(8-10-15)28(24,25)18(19)20/h2-12,16,18,22H,1H3. The molecule has 1 atom stereocenters. The van der Waals surface area contributed by atoms with Gasteiger partial charge in [-0.3, -0.25) is 0 Å². The van der Waals surface area contributed by atoms with Crippen LogP contribution in [0.4, 0.5) is 8.78 Å². The van der Waals surface area contributed by atoms with Gasteiger partial charge < -0.3 is 4.57 Å². The Hall–Kier alpha value is -2.63. The molecule has 0 fully saturated rings. The molecule has 0 aliphatic heterocycles. The van der Waals surface area contributed by atoms with Gasteiger partial charge in [-0.1, -0.05) is 30.3 Å². The summed E-state index contributed by atoms with van der Waals surface area (Å²) in [5, 5.41) is 0. The molecular weight excluding hydrogens is 424 g/mol. The summed E-state index contributed by atoms with van der Waals surface area (Å²) in [6.45, 7) is 0. The van der Waals surface area contributed by atoms with E-state index < -0.39 is 36.6 Å². The normalized spacial score (nSPS) is 13.5. The average molecular weight is 441 g/mol. The molecular formula is C18H17F2N3O4S2. The zero-order valence-corrected chi connectivity index (χ0v) is 16.7. The van der Waals surface area contributed by atoms with E-state index in [2.05, 4.69) is 9.71 Å². The van der Waals surface area contributed by atoms with Gasteiger partial charge in [-0.05, 0) is 29.8 Å². The zero-order valence-electron chi connectivity index (χ0n) is 15.1. The maximum Gasteiger partial charge on any atom is 0.341 e. The number of aryl methyl sites for hydroxylation is 1. The third-order valence-electron chi connectivity index (χ3n) is 4.22. The third-order valence-corrected chi connectivity index (χ3v) is 7.06. The number of hydrogen-bond acceptors (Lipinski definition) is 5. The van der Waals surface area contributed by atoms with E-state index in [0.717, 1.165) is 24.3 Å². The molecule has 1 unspecified atom stereocenters. The van der Waals surface area contributed by atoms with E-state index in [-0.39, 0.29) is 4.90 Å². The molecule has 0 saturated carbocycles. The highest BCUT2D eigenvalue weighted by Crippen LogP contribution is 2.25. The van der Waals surface area contributed by atoms with Crippen LogP contribution in [0.15, 0.2) is 76.8 Å². The molecule has 1 heterocycles. The van der Waals surface area contributed by atoms with E-state index >= 15 is 0 Å². The van der Waals surface area contributed by atoms with Gasteiger partial charge in [-0.25, -0.2) is 21.8 Å². The number of halogens is 2. The van der Waals surface area contributed by atoms with Crippen LogP contribution >= 0.6 is 0 Å². The SMILES string of the molecule is Cn1ccnc1C(NS(=O)(=O)c1ccc(S(=O)(=O)C(F)F)cc1)c1ccccc1. The second kappa shape index (κ2) is 8.01. The van der Waals surface area contributed by atoms with Crippen molar-refractivity contribution >= 4 is 19.9 Å². The van der Waals surface area contributed by atoms with Crippen molar-refractivity contribution in [3.63, 3.8) is 0 Å². The molecule has 0 spiro atoms. The van der Waals surface area contributed by atoms with Crippen molar-refractivity contribution in [1.29, 1.82) is 0 Å². The minimum Gasteiger partial charge on any atom is -0.336 e. The summed E-state index contributed by atoms with van der Waals surface area (Å²) in [7, 11) is -7.21. The smallest absolute Gasteiger partial charge is 0.336 e. The fraction of sp³-hybridized carbons (Fsp3) is 0.167. The van der Waals surface area contributed by atoms with Crippen LogP contribution in [0.1, 0.15) is 17.4 Å². The zero-order chi connectivity index (χ0) is 21.2. The predicted molar refractivity (Wildman–Crippen MR) is 101 cm³/mol. The van der Waals surface area contributed by atoms with Crippen LogP contribution in [0.25, 0.3) is 0 Å². The Morgan fingerprint density at radius 1 is 0.931 bits per heavy atom. The quantitative estimate of drug-likeness (QED) is 0.608. The lowest BCUT2D eigenvalue weighted by Crippen LogP contribution is -2.31. The third kappa shape index (κ3) is 4.36. The largest absolute Gasteiger partial charge is 0.341 e. The second-order valence-electron chi connectivity index (χ2n) is 6.14. The van der Waals surface area contributed by atoms with Gasteiger partial charge >= 0.3 is 5.76 Å². The van der Waals surface area contributed by atoms with Gasteiger partial charge in [0.1, 0.15) is 11.9 Å². The lowest BCUT2D eigenvalue weighted by atomic mass is 10.1. The van der Waals surface area contributed by atoms with Gasteiger partial charge in [-0.2, -0.15) is 13.5 Å². The van der Waals surface area contributed by atoms with Crippen molar-refractivity contribution in [2.45, 2.75) is 21.6 Å². The maximum atomic E-state index is 12.9. The first-order valence-electron chi connectivity index (χ1n) is 8.29. The lowest BCUT2D eigenvalue weighted by Gasteiger charge is -2.19. The summed E-state index contributed by atoms with van der Waals surface area (Å²) in [5.41, 5.74) is 0.641. The van der Waals surface area contributed by atoms with Crippen LogP contribution in [-0.4, -0.2) is 32.1 Å². The molecule has 0 amide bonds. The summed E-state index contributed by atoms with van der Waals surface area (Å²) in [6, 6.07) is 11.6. The van der Waals surface area contributed by atoms with E-state index in [0.29, 0.717) is 11.4 Å². The molecule has 3 rings (SSSR count). The van der Waals surface area contributed by atoms with Gasteiger partial charge in [0.2, 0.25) is 19.9 Å². The first-order valence-corrected chi connectivity index (χ1v) is 11.3. The van der Waals surface area contributed by atoms with Gasteiger partial charge in [-0.15, -0.1) is 0 Å². The summed E-state index contributed by atoms with van der Waals surface area (Å²) >= 11 is 0. The first kappa shape index (κ1) is 21.1. The van der Waals surface area contributed by atoms with Crippen LogP contribution in [0.5, 0.6) is 0 Å². The number of imidazole rings is 1. The van der Waals surface area contributed by atoms with Crippen molar-refractivity contribution in [3.05, 3.63) is 78.4 Å². The summed E-state index contributed by atoms with van der Waals surface area (Å²) in [6.07, 6.45) is 3.20. The van der Waals surface area contributed by atoms with Crippen LogP contribution in [-0.2, 0) is 26.9 Å². The van der Waals surface area contributed by atoms with Gasteiger partial charge in [0.15, 0.2) is 0 Å². The maximum absolute atomic E-state index is 12.9. The molecule has 154 valence electrons. The number of sulfone groups is 1. The number of aromatic nitrogens is 2. The van der Waals surface area contributed by atoms with Gasteiger partial charge in [0.25, 0.3) is 0 Å². The highest BCUT2D eigenvalue weighted by molar-refractivity contribution is 7.91. The molecule has 1 N–H and O–H groups in total. The molecule has 2 aromatic carbocycles. The monoisotopic (exact) mass is 441 g/mol. The van der Waals surface area contributed by atoms with E-state index in [1.54, 1.807) is 48.1 Å². The Balaban J connectivity index is 1.97. The minimum atomic E-state index is -4.81. The Morgan fingerprint density at radius 2 is 1.52 bits per heavy atom. The van der Waals surface area contributed by atoms with Crippen molar-refractivity contribution in [3.8, 4) is 0 Å². The number of nitrogens with zero attached hydrogens (tertiary/aromatic N) is 2. The summed E-state index contributed by atoms with van der Waals surface area (Å²) < 4.78 is 78.3. The number of nitrogens with one attached hydrogen (secondary N) is 1. The van der Waals surface area contributed by atoms with Crippen LogP contribution < -0.4 is 4.72 Å². The molecule has 1 aromatic heterocycles. The number of benzene rings is 2. The molecule has 29 heavy (non-hydrogen) atoms. The second-order valence-corrected chi connectivity index (χ2v) is 9.77. The summed E-state index contributed by atoms with van der Waals surface area (Å²) in [5.74, 6) is -3.15. The Morgan fingerprint density at radius 3 is 2.03 bits per heavy atom. The molecule has 0 saturated heterocycles.